The van der Waals surface area contributed by atoms with Gasteiger partial charge in [-0.15, -0.1) is 22.0 Å². The first kappa shape index (κ1) is 14.7. The minimum Gasteiger partial charge on any atom is -0.183 e. The smallest absolute Gasteiger partial charge is 0.183 e. The standard InChI is InChI=1S/C16H11ClN4S2/c17-12-8-6-11(7-9-12)15-18-19-16-21(15)20-14(23-16)10-22-13-4-2-1-3-5-13/h1-9H,10H2. The Labute approximate surface area is 146 Å². The molecule has 0 unspecified atom stereocenters. The van der Waals surface area contributed by atoms with Crippen LogP contribution in [0.25, 0.3) is 16.3 Å². The summed E-state index contributed by atoms with van der Waals surface area (Å²) in [6, 6.07) is 17.8. The normalized spacial score (nSPS) is 11.2. The van der Waals surface area contributed by atoms with Crippen LogP contribution in [0.3, 0.4) is 0 Å². The zero-order chi connectivity index (χ0) is 15.6. The van der Waals surface area contributed by atoms with Crippen LogP contribution < -0.4 is 0 Å². The predicted octanol–water partition coefficient (Wildman–Crippen LogP) is 4.80. The first-order chi connectivity index (χ1) is 11.3. The molecule has 0 saturated carbocycles. The fourth-order valence-electron chi connectivity index (χ4n) is 2.16. The fourth-order valence-corrected chi connectivity index (χ4v) is 4.02. The van der Waals surface area contributed by atoms with E-state index >= 15 is 0 Å². The van der Waals surface area contributed by atoms with Gasteiger partial charge >= 0.3 is 0 Å². The quantitative estimate of drug-likeness (QED) is 0.491. The number of nitrogens with zero attached hydrogens (tertiary/aromatic N) is 4. The highest BCUT2D eigenvalue weighted by molar-refractivity contribution is 7.98. The molecule has 0 fully saturated rings. The van der Waals surface area contributed by atoms with Crippen LogP contribution in [0.1, 0.15) is 5.01 Å². The average Bonchev–Trinajstić information content (AvgIpc) is 3.15. The molecular formula is C16H11ClN4S2. The van der Waals surface area contributed by atoms with Crippen molar-refractivity contribution in [3.05, 3.63) is 64.6 Å². The van der Waals surface area contributed by atoms with E-state index in [1.165, 1.54) is 4.90 Å². The third-order valence-electron chi connectivity index (χ3n) is 3.24. The molecule has 0 aliphatic rings. The molecule has 114 valence electrons. The van der Waals surface area contributed by atoms with Crippen LogP contribution in [0.4, 0.5) is 0 Å². The van der Waals surface area contributed by atoms with Crippen LogP contribution in [0, 0.1) is 0 Å². The summed E-state index contributed by atoms with van der Waals surface area (Å²) in [7, 11) is 0. The molecule has 7 heteroatoms. The molecule has 0 saturated heterocycles. The second-order valence-corrected chi connectivity index (χ2v) is 7.35. The number of benzene rings is 2. The molecular weight excluding hydrogens is 348 g/mol. The number of aromatic nitrogens is 4. The summed E-state index contributed by atoms with van der Waals surface area (Å²) in [6.45, 7) is 0. The highest BCUT2D eigenvalue weighted by Gasteiger charge is 2.13. The van der Waals surface area contributed by atoms with Gasteiger partial charge in [0.05, 0.1) is 5.75 Å². The van der Waals surface area contributed by atoms with E-state index in [0.717, 1.165) is 27.1 Å². The second kappa shape index (κ2) is 6.31. The van der Waals surface area contributed by atoms with Crippen molar-refractivity contribution < 1.29 is 0 Å². The van der Waals surface area contributed by atoms with Crippen molar-refractivity contribution in [2.24, 2.45) is 0 Å². The minimum absolute atomic E-state index is 0.702. The lowest BCUT2D eigenvalue weighted by atomic mass is 10.2. The first-order valence-corrected chi connectivity index (χ1v) is 9.12. The summed E-state index contributed by atoms with van der Waals surface area (Å²) < 4.78 is 1.80. The highest BCUT2D eigenvalue weighted by atomic mass is 35.5. The van der Waals surface area contributed by atoms with Crippen LogP contribution in [0.2, 0.25) is 5.02 Å². The Hall–Kier alpha value is -1.89. The molecule has 0 amide bonds. The fraction of sp³-hybridized carbons (Fsp3) is 0.0625. The maximum absolute atomic E-state index is 5.94. The van der Waals surface area contributed by atoms with Crippen molar-refractivity contribution in [3.8, 4) is 11.4 Å². The molecule has 4 rings (SSSR count). The van der Waals surface area contributed by atoms with Crippen molar-refractivity contribution in [2.45, 2.75) is 10.6 Å². The lowest BCUT2D eigenvalue weighted by Crippen LogP contribution is -1.91. The van der Waals surface area contributed by atoms with Gasteiger partial charge in [0.2, 0.25) is 4.96 Å². The molecule has 23 heavy (non-hydrogen) atoms. The van der Waals surface area contributed by atoms with E-state index < -0.39 is 0 Å². The van der Waals surface area contributed by atoms with Gasteiger partial charge in [0, 0.05) is 15.5 Å². The average molecular weight is 359 g/mol. The van der Waals surface area contributed by atoms with Gasteiger partial charge < -0.3 is 0 Å². The van der Waals surface area contributed by atoms with Crippen molar-refractivity contribution in [1.82, 2.24) is 19.8 Å². The zero-order valence-corrected chi connectivity index (χ0v) is 14.3. The van der Waals surface area contributed by atoms with E-state index in [1.807, 2.05) is 42.5 Å². The molecule has 0 aliphatic carbocycles. The van der Waals surface area contributed by atoms with Crippen molar-refractivity contribution >= 4 is 39.7 Å². The third-order valence-corrected chi connectivity index (χ3v) is 5.60. The van der Waals surface area contributed by atoms with Gasteiger partial charge in [-0.2, -0.15) is 9.61 Å². The van der Waals surface area contributed by atoms with Crippen molar-refractivity contribution in [3.63, 3.8) is 0 Å². The van der Waals surface area contributed by atoms with Crippen molar-refractivity contribution in [2.75, 3.05) is 0 Å². The number of fused-ring (bicyclic) bond motifs is 1. The molecule has 2 aromatic heterocycles. The highest BCUT2D eigenvalue weighted by Crippen LogP contribution is 2.27. The largest absolute Gasteiger partial charge is 0.234 e. The van der Waals surface area contributed by atoms with Gasteiger partial charge in [0.1, 0.15) is 5.01 Å². The number of hydrogen-bond acceptors (Lipinski definition) is 5. The van der Waals surface area contributed by atoms with Gasteiger partial charge in [-0.1, -0.05) is 41.1 Å². The minimum atomic E-state index is 0.702. The molecule has 0 atom stereocenters. The first-order valence-electron chi connectivity index (χ1n) is 6.94. The maximum atomic E-state index is 5.94. The van der Waals surface area contributed by atoms with E-state index in [4.69, 9.17) is 11.6 Å². The Kier molecular flexibility index (Phi) is 4.03. The summed E-state index contributed by atoms with van der Waals surface area (Å²) >= 11 is 9.27. The third kappa shape index (κ3) is 3.10. The van der Waals surface area contributed by atoms with E-state index in [0.29, 0.717) is 5.02 Å². The van der Waals surface area contributed by atoms with Gasteiger partial charge in [0.15, 0.2) is 5.82 Å². The molecule has 0 bridgehead atoms. The summed E-state index contributed by atoms with van der Waals surface area (Å²) in [4.78, 5) is 2.04. The van der Waals surface area contributed by atoms with Gasteiger partial charge in [-0.25, -0.2) is 0 Å². The predicted molar refractivity (Wildman–Crippen MR) is 95.1 cm³/mol. The van der Waals surface area contributed by atoms with E-state index in [-0.39, 0.29) is 0 Å². The molecule has 0 N–H and O–H groups in total. The van der Waals surface area contributed by atoms with Gasteiger partial charge in [-0.05, 0) is 36.4 Å². The Morgan fingerprint density at radius 2 is 1.78 bits per heavy atom. The lowest BCUT2D eigenvalue weighted by Gasteiger charge is -1.98. The van der Waals surface area contributed by atoms with E-state index in [9.17, 15) is 0 Å². The van der Waals surface area contributed by atoms with Crippen molar-refractivity contribution in [1.29, 1.82) is 0 Å². The van der Waals surface area contributed by atoms with Crippen LogP contribution in [-0.4, -0.2) is 19.8 Å². The summed E-state index contributed by atoms with van der Waals surface area (Å²) in [5.74, 6) is 1.56. The molecule has 4 nitrogen and oxygen atoms in total. The summed E-state index contributed by atoms with van der Waals surface area (Å²) in [6.07, 6.45) is 0. The summed E-state index contributed by atoms with van der Waals surface area (Å²) in [5, 5.41) is 14.8. The van der Waals surface area contributed by atoms with Crippen LogP contribution in [0.5, 0.6) is 0 Å². The Bertz CT molecular complexity index is 932. The van der Waals surface area contributed by atoms with Crippen LogP contribution in [-0.2, 0) is 5.75 Å². The molecule has 2 heterocycles. The van der Waals surface area contributed by atoms with E-state index in [1.54, 1.807) is 27.6 Å². The second-order valence-electron chi connectivity index (χ2n) is 4.82. The SMILES string of the molecule is Clc1ccc(-c2nnc3sc(CSc4ccccc4)nn23)cc1. The Balaban J connectivity index is 1.60. The molecule has 0 aliphatic heterocycles. The van der Waals surface area contributed by atoms with E-state index in [2.05, 4.69) is 27.4 Å². The lowest BCUT2D eigenvalue weighted by molar-refractivity contribution is 0.936. The molecule has 0 spiro atoms. The Morgan fingerprint density at radius 3 is 2.57 bits per heavy atom. The molecule has 2 aromatic carbocycles. The number of hydrogen-bond donors (Lipinski definition) is 0. The molecule has 4 aromatic rings. The van der Waals surface area contributed by atoms with Gasteiger partial charge in [0.25, 0.3) is 0 Å². The van der Waals surface area contributed by atoms with Crippen LogP contribution >= 0.6 is 34.7 Å². The topological polar surface area (TPSA) is 43.1 Å². The van der Waals surface area contributed by atoms with Gasteiger partial charge in [-0.3, -0.25) is 0 Å². The zero-order valence-electron chi connectivity index (χ0n) is 11.9. The Morgan fingerprint density at radius 1 is 1.00 bits per heavy atom. The number of thioether (sulfide) groups is 1. The number of halogens is 1. The van der Waals surface area contributed by atoms with Crippen LogP contribution in [0.15, 0.2) is 59.5 Å². The number of rotatable bonds is 4. The monoisotopic (exact) mass is 358 g/mol. The summed E-state index contributed by atoms with van der Waals surface area (Å²) in [5.41, 5.74) is 0.953. The maximum Gasteiger partial charge on any atom is 0.234 e. The molecule has 0 radical (unpaired) electrons.